The van der Waals surface area contributed by atoms with E-state index in [9.17, 15) is 0 Å². The summed E-state index contributed by atoms with van der Waals surface area (Å²) in [6, 6.07) is 0. The van der Waals surface area contributed by atoms with Gasteiger partial charge in [0.1, 0.15) is 12.7 Å². The third-order valence-corrected chi connectivity index (χ3v) is 3.71. The molecular weight excluding hydrogens is 270 g/mol. The van der Waals surface area contributed by atoms with Gasteiger partial charge in [-0.15, -0.1) is 0 Å². The fourth-order valence-corrected chi connectivity index (χ4v) is 2.66. The molecule has 9 nitrogen and oxygen atoms in total. The highest BCUT2D eigenvalue weighted by Crippen LogP contribution is 2.26. The lowest BCUT2D eigenvalue weighted by molar-refractivity contribution is 0.541. The van der Waals surface area contributed by atoms with Crippen molar-refractivity contribution in [3.63, 3.8) is 0 Å². The topological polar surface area (TPSA) is 111 Å². The monoisotopic (exact) mass is 289 g/mol. The van der Waals surface area contributed by atoms with Crippen LogP contribution in [0, 0.1) is 5.92 Å². The van der Waals surface area contributed by atoms with Gasteiger partial charge < -0.3 is 4.90 Å². The highest BCUT2D eigenvalue weighted by Gasteiger charge is 2.19. The Morgan fingerprint density at radius 1 is 1.33 bits per heavy atom. The Morgan fingerprint density at radius 2 is 2.14 bits per heavy atom. The van der Waals surface area contributed by atoms with Gasteiger partial charge in [0.25, 0.3) is 5.95 Å². The first-order valence-corrected chi connectivity index (χ1v) is 7.05. The zero-order chi connectivity index (χ0) is 14.7. The summed E-state index contributed by atoms with van der Waals surface area (Å²) in [7, 11) is 1.99. The molecule has 0 atom stereocenters. The van der Waals surface area contributed by atoms with E-state index in [1.54, 1.807) is 0 Å². The lowest BCUT2D eigenvalue weighted by Crippen LogP contribution is -2.27. The zero-order valence-corrected chi connectivity index (χ0v) is 12.0. The largest absolute Gasteiger partial charge is 0.343 e. The molecular formula is C12H19N9. The number of nitrogens with two attached hydrogens (primary N) is 1. The summed E-state index contributed by atoms with van der Waals surface area (Å²) in [6.07, 6.45) is 8.14. The van der Waals surface area contributed by atoms with E-state index in [-0.39, 0.29) is 0 Å². The van der Waals surface area contributed by atoms with Gasteiger partial charge in [-0.25, -0.2) is 10.8 Å². The Kier molecular flexibility index (Phi) is 3.91. The van der Waals surface area contributed by atoms with E-state index in [1.807, 2.05) is 11.9 Å². The molecule has 0 saturated heterocycles. The van der Waals surface area contributed by atoms with Crippen LogP contribution in [0.15, 0.2) is 12.7 Å². The van der Waals surface area contributed by atoms with Crippen LogP contribution in [0.25, 0.3) is 5.95 Å². The Labute approximate surface area is 122 Å². The average molecular weight is 289 g/mol. The van der Waals surface area contributed by atoms with Crippen molar-refractivity contribution >= 4 is 11.9 Å². The molecule has 0 amide bonds. The molecule has 2 aromatic heterocycles. The highest BCUT2D eigenvalue weighted by molar-refractivity contribution is 5.38. The van der Waals surface area contributed by atoms with Crippen molar-refractivity contribution in [2.45, 2.75) is 25.7 Å². The molecule has 1 aliphatic carbocycles. The molecule has 0 unspecified atom stereocenters. The van der Waals surface area contributed by atoms with Crippen LogP contribution >= 0.6 is 0 Å². The number of nitrogen functional groups attached to an aromatic ring is 1. The van der Waals surface area contributed by atoms with Crippen LogP contribution in [-0.2, 0) is 0 Å². The number of hydrogen-bond donors (Lipinski definition) is 2. The predicted molar refractivity (Wildman–Crippen MR) is 77.8 cm³/mol. The Balaban J connectivity index is 1.84. The van der Waals surface area contributed by atoms with Crippen LogP contribution in [0.3, 0.4) is 0 Å². The van der Waals surface area contributed by atoms with Gasteiger partial charge in [-0.3, -0.25) is 5.43 Å². The van der Waals surface area contributed by atoms with Crippen molar-refractivity contribution in [1.82, 2.24) is 29.7 Å². The molecule has 2 heterocycles. The zero-order valence-electron chi connectivity index (χ0n) is 12.0. The quantitative estimate of drug-likeness (QED) is 0.599. The number of anilines is 2. The first-order valence-electron chi connectivity index (χ1n) is 7.05. The first kappa shape index (κ1) is 13.7. The van der Waals surface area contributed by atoms with Crippen LogP contribution in [0.2, 0.25) is 0 Å². The fraction of sp³-hybridized carbons (Fsp3) is 0.583. The molecule has 3 N–H and O–H groups in total. The van der Waals surface area contributed by atoms with Crippen molar-refractivity contribution in [2.75, 3.05) is 23.9 Å². The highest BCUT2D eigenvalue weighted by atomic mass is 15.4. The molecule has 2 aromatic rings. The van der Waals surface area contributed by atoms with Crippen molar-refractivity contribution in [2.24, 2.45) is 11.8 Å². The standard InChI is InChI=1S/C12H19N9/c1-20(6-9-4-2-3-5-9)11-16-10(19-13)17-12(18-11)21-8-14-7-15-21/h7-9H,2-6,13H2,1H3,(H,16,17,18,19). The van der Waals surface area contributed by atoms with Crippen LogP contribution in [0.5, 0.6) is 0 Å². The summed E-state index contributed by atoms with van der Waals surface area (Å²) in [5.74, 6) is 7.42. The van der Waals surface area contributed by atoms with E-state index in [0.717, 1.165) is 6.54 Å². The van der Waals surface area contributed by atoms with Gasteiger partial charge in [0.15, 0.2) is 0 Å². The molecule has 0 spiro atoms. The Morgan fingerprint density at radius 3 is 2.81 bits per heavy atom. The van der Waals surface area contributed by atoms with Crippen molar-refractivity contribution in [3.05, 3.63) is 12.7 Å². The van der Waals surface area contributed by atoms with Crippen LogP contribution in [0.1, 0.15) is 25.7 Å². The summed E-state index contributed by atoms with van der Waals surface area (Å²) in [5, 5.41) is 4.03. The van der Waals surface area contributed by atoms with E-state index in [0.29, 0.717) is 23.8 Å². The second kappa shape index (κ2) is 6.00. The van der Waals surface area contributed by atoms with Gasteiger partial charge in [-0.2, -0.15) is 24.7 Å². The molecule has 0 radical (unpaired) electrons. The predicted octanol–water partition coefficient (Wildman–Crippen LogP) is 0.364. The second-order valence-electron chi connectivity index (χ2n) is 5.27. The number of rotatable bonds is 5. The molecule has 0 aliphatic heterocycles. The van der Waals surface area contributed by atoms with Crippen LogP contribution < -0.4 is 16.2 Å². The minimum atomic E-state index is 0.309. The number of aromatic nitrogens is 6. The molecule has 0 aromatic carbocycles. The molecule has 3 rings (SSSR count). The molecule has 0 bridgehead atoms. The number of hydrazine groups is 1. The van der Waals surface area contributed by atoms with Gasteiger partial charge in [0.05, 0.1) is 0 Å². The molecule has 1 saturated carbocycles. The summed E-state index contributed by atoms with van der Waals surface area (Å²) >= 11 is 0. The molecule has 9 heteroatoms. The maximum Gasteiger partial charge on any atom is 0.258 e. The first-order chi connectivity index (χ1) is 10.3. The summed E-state index contributed by atoms with van der Waals surface area (Å²) in [4.78, 5) is 18.9. The Bertz CT molecular complexity index is 576. The molecule has 1 aliphatic rings. The number of nitrogens with one attached hydrogen (secondary N) is 1. The molecule has 112 valence electrons. The van der Waals surface area contributed by atoms with Gasteiger partial charge in [-0.1, -0.05) is 12.8 Å². The summed E-state index contributed by atoms with van der Waals surface area (Å²) < 4.78 is 1.48. The molecule has 21 heavy (non-hydrogen) atoms. The van der Waals surface area contributed by atoms with Crippen molar-refractivity contribution < 1.29 is 0 Å². The lowest BCUT2D eigenvalue weighted by atomic mass is 10.1. The third kappa shape index (κ3) is 3.07. The second-order valence-corrected chi connectivity index (χ2v) is 5.27. The number of nitrogens with zero attached hydrogens (tertiary/aromatic N) is 7. The SMILES string of the molecule is CN(CC1CCCC1)c1nc(NN)nc(-n2cncn2)n1. The smallest absolute Gasteiger partial charge is 0.258 e. The van der Waals surface area contributed by atoms with E-state index < -0.39 is 0 Å². The Hall–Kier alpha value is -2.29. The van der Waals surface area contributed by atoms with Gasteiger partial charge in [-0.05, 0) is 18.8 Å². The van der Waals surface area contributed by atoms with Gasteiger partial charge >= 0.3 is 0 Å². The maximum absolute atomic E-state index is 5.44. The van der Waals surface area contributed by atoms with E-state index in [1.165, 1.54) is 43.0 Å². The van der Waals surface area contributed by atoms with Gasteiger partial charge in [0.2, 0.25) is 11.9 Å². The normalized spacial score (nSPS) is 15.3. The van der Waals surface area contributed by atoms with E-state index >= 15 is 0 Å². The fourth-order valence-electron chi connectivity index (χ4n) is 2.66. The van der Waals surface area contributed by atoms with Gasteiger partial charge in [0, 0.05) is 13.6 Å². The van der Waals surface area contributed by atoms with E-state index in [2.05, 4.69) is 30.5 Å². The molecule has 1 fully saturated rings. The summed E-state index contributed by atoms with van der Waals surface area (Å²) in [6.45, 7) is 0.935. The van der Waals surface area contributed by atoms with Crippen LogP contribution in [-0.4, -0.2) is 43.3 Å². The third-order valence-electron chi connectivity index (χ3n) is 3.71. The minimum absolute atomic E-state index is 0.309. The van der Waals surface area contributed by atoms with E-state index in [4.69, 9.17) is 5.84 Å². The van der Waals surface area contributed by atoms with Crippen LogP contribution in [0.4, 0.5) is 11.9 Å². The minimum Gasteiger partial charge on any atom is -0.343 e. The maximum atomic E-state index is 5.44. The number of hydrogen-bond acceptors (Lipinski definition) is 8. The lowest BCUT2D eigenvalue weighted by Gasteiger charge is -2.21. The van der Waals surface area contributed by atoms with Crippen molar-refractivity contribution in [1.29, 1.82) is 0 Å². The van der Waals surface area contributed by atoms with Crippen molar-refractivity contribution in [3.8, 4) is 5.95 Å². The average Bonchev–Trinajstić information content (AvgIpc) is 3.20. The summed E-state index contributed by atoms with van der Waals surface area (Å²) in [5.41, 5.74) is 2.47.